The van der Waals surface area contributed by atoms with Crippen molar-refractivity contribution in [1.29, 1.82) is 0 Å². The quantitative estimate of drug-likeness (QED) is 0.643. The van der Waals surface area contributed by atoms with Crippen molar-refractivity contribution >= 4 is 33.3 Å². The molecule has 30 heavy (non-hydrogen) atoms. The van der Waals surface area contributed by atoms with Crippen LogP contribution in [0.1, 0.15) is 41.8 Å². The number of aryl methyl sites for hydroxylation is 2. The molecule has 7 nitrogen and oxygen atoms in total. The van der Waals surface area contributed by atoms with Crippen molar-refractivity contribution in [1.82, 2.24) is 0 Å². The summed E-state index contributed by atoms with van der Waals surface area (Å²) in [6.07, 6.45) is 1.35. The molecule has 2 aromatic carbocycles. The van der Waals surface area contributed by atoms with E-state index in [0.717, 1.165) is 21.7 Å². The van der Waals surface area contributed by atoms with Crippen molar-refractivity contribution in [2.24, 2.45) is 0 Å². The molecular formula is C22H28N2O5S. The number of rotatable bonds is 8. The number of amides is 1. The molecule has 0 heterocycles. The van der Waals surface area contributed by atoms with Gasteiger partial charge in [0.1, 0.15) is 6.04 Å². The van der Waals surface area contributed by atoms with Gasteiger partial charge in [-0.15, -0.1) is 0 Å². The monoisotopic (exact) mass is 432 g/mol. The Balaban J connectivity index is 2.39. The van der Waals surface area contributed by atoms with Gasteiger partial charge < -0.3 is 10.1 Å². The van der Waals surface area contributed by atoms with E-state index < -0.39 is 27.9 Å². The lowest BCUT2D eigenvalue weighted by molar-refractivity contribution is -0.117. The molecule has 2 aromatic rings. The standard InChI is InChI=1S/C22H28N2O5S/c1-6-20(24(30(5,27)28)18-10-8-9-15(3)13-18)21(25)23-19-14-17(12-11-16(19)4)22(26)29-7-2/h8-14,20H,6-7H2,1-5H3,(H,23,25)/t20-/m1/s1. The third-order valence-electron chi connectivity index (χ3n) is 4.59. The third-order valence-corrected chi connectivity index (χ3v) is 5.77. The largest absolute Gasteiger partial charge is 0.462 e. The average molecular weight is 433 g/mol. The Hall–Kier alpha value is -2.87. The van der Waals surface area contributed by atoms with Gasteiger partial charge in [-0.2, -0.15) is 0 Å². The van der Waals surface area contributed by atoms with E-state index in [1.165, 1.54) is 6.07 Å². The summed E-state index contributed by atoms with van der Waals surface area (Å²) >= 11 is 0. The van der Waals surface area contributed by atoms with Crippen molar-refractivity contribution in [3.8, 4) is 0 Å². The second kappa shape index (κ2) is 9.75. The van der Waals surface area contributed by atoms with Crippen LogP contribution in [-0.4, -0.2) is 39.2 Å². The minimum atomic E-state index is -3.72. The van der Waals surface area contributed by atoms with Crippen LogP contribution >= 0.6 is 0 Å². The number of sulfonamides is 1. The molecular weight excluding hydrogens is 404 g/mol. The Labute approximate surface area is 178 Å². The van der Waals surface area contributed by atoms with Crippen LogP contribution in [0.2, 0.25) is 0 Å². The zero-order chi connectivity index (χ0) is 22.5. The number of carbonyl (C=O) groups is 2. The summed E-state index contributed by atoms with van der Waals surface area (Å²) in [6.45, 7) is 7.35. The van der Waals surface area contributed by atoms with Crippen molar-refractivity contribution < 1.29 is 22.7 Å². The van der Waals surface area contributed by atoms with E-state index in [4.69, 9.17) is 4.74 Å². The van der Waals surface area contributed by atoms with Gasteiger partial charge in [0.15, 0.2) is 0 Å². The molecule has 0 aliphatic rings. The van der Waals surface area contributed by atoms with Crippen LogP contribution in [0, 0.1) is 13.8 Å². The molecule has 0 aliphatic heterocycles. The predicted molar refractivity (Wildman–Crippen MR) is 118 cm³/mol. The Morgan fingerprint density at radius 3 is 2.37 bits per heavy atom. The molecule has 0 aromatic heterocycles. The molecule has 2 rings (SSSR count). The van der Waals surface area contributed by atoms with Crippen LogP contribution < -0.4 is 9.62 Å². The first kappa shape index (κ1) is 23.4. The maximum atomic E-state index is 13.1. The second-order valence-electron chi connectivity index (χ2n) is 7.06. The first-order valence-corrected chi connectivity index (χ1v) is 11.6. The smallest absolute Gasteiger partial charge is 0.338 e. The van der Waals surface area contributed by atoms with E-state index in [0.29, 0.717) is 16.9 Å². The zero-order valence-electron chi connectivity index (χ0n) is 17.9. The minimum absolute atomic E-state index is 0.242. The lowest BCUT2D eigenvalue weighted by Gasteiger charge is -2.30. The number of hydrogen-bond donors (Lipinski definition) is 1. The number of anilines is 2. The van der Waals surface area contributed by atoms with Crippen molar-refractivity contribution in [3.05, 3.63) is 59.2 Å². The van der Waals surface area contributed by atoms with Gasteiger partial charge in [0.05, 0.1) is 24.1 Å². The van der Waals surface area contributed by atoms with Crippen LogP contribution in [0.15, 0.2) is 42.5 Å². The number of nitrogens with one attached hydrogen (secondary N) is 1. The minimum Gasteiger partial charge on any atom is -0.462 e. The van der Waals surface area contributed by atoms with Gasteiger partial charge in [0, 0.05) is 5.69 Å². The fourth-order valence-electron chi connectivity index (χ4n) is 3.14. The molecule has 0 fully saturated rings. The molecule has 1 N–H and O–H groups in total. The molecule has 0 saturated heterocycles. The van der Waals surface area contributed by atoms with E-state index >= 15 is 0 Å². The van der Waals surface area contributed by atoms with Gasteiger partial charge in [-0.1, -0.05) is 25.1 Å². The number of nitrogens with zero attached hydrogens (tertiary/aromatic N) is 1. The van der Waals surface area contributed by atoms with Gasteiger partial charge in [-0.05, 0) is 62.6 Å². The fourth-order valence-corrected chi connectivity index (χ4v) is 4.34. The highest BCUT2D eigenvalue weighted by Crippen LogP contribution is 2.25. The molecule has 0 radical (unpaired) electrons. The van der Waals surface area contributed by atoms with E-state index in [1.807, 2.05) is 13.0 Å². The van der Waals surface area contributed by atoms with Crippen molar-refractivity contribution in [2.45, 2.75) is 40.2 Å². The zero-order valence-corrected chi connectivity index (χ0v) is 18.7. The lowest BCUT2D eigenvalue weighted by Crippen LogP contribution is -2.47. The molecule has 0 saturated carbocycles. The van der Waals surface area contributed by atoms with E-state index in [-0.39, 0.29) is 13.0 Å². The van der Waals surface area contributed by atoms with E-state index in [2.05, 4.69) is 5.32 Å². The molecule has 1 atom stereocenters. The molecule has 0 aliphatic carbocycles. The van der Waals surface area contributed by atoms with Gasteiger partial charge in [0.25, 0.3) is 0 Å². The molecule has 0 unspecified atom stereocenters. The Kier molecular flexibility index (Phi) is 7.61. The average Bonchev–Trinajstić information content (AvgIpc) is 2.66. The number of ether oxygens (including phenoxy) is 1. The summed E-state index contributed by atoms with van der Waals surface area (Å²) in [6, 6.07) is 10.9. The van der Waals surface area contributed by atoms with Gasteiger partial charge in [0.2, 0.25) is 15.9 Å². The van der Waals surface area contributed by atoms with E-state index in [9.17, 15) is 18.0 Å². The lowest BCUT2D eigenvalue weighted by atomic mass is 10.1. The van der Waals surface area contributed by atoms with Gasteiger partial charge in [-0.25, -0.2) is 13.2 Å². The highest BCUT2D eigenvalue weighted by atomic mass is 32.2. The molecule has 162 valence electrons. The maximum absolute atomic E-state index is 13.1. The molecule has 0 spiro atoms. The molecule has 8 heteroatoms. The Morgan fingerprint density at radius 2 is 1.80 bits per heavy atom. The van der Waals surface area contributed by atoms with Crippen LogP contribution in [0.25, 0.3) is 0 Å². The van der Waals surface area contributed by atoms with Crippen LogP contribution in [-0.2, 0) is 19.6 Å². The fraction of sp³-hybridized carbons (Fsp3) is 0.364. The number of hydrogen-bond acceptors (Lipinski definition) is 5. The van der Waals surface area contributed by atoms with Crippen LogP contribution in [0.5, 0.6) is 0 Å². The summed E-state index contributed by atoms with van der Waals surface area (Å²) in [5.74, 6) is -0.967. The first-order valence-electron chi connectivity index (χ1n) is 9.73. The predicted octanol–water partition coefficient (Wildman–Crippen LogP) is 3.66. The summed E-state index contributed by atoms with van der Waals surface area (Å²) < 4.78 is 31.3. The van der Waals surface area contributed by atoms with Crippen LogP contribution in [0.3, 0.4) is 0 Å². The van der Waals surface area contributed by atoms with Crippen molar-refractivity contribution in [3.63, 3.8) is 0 Å². The Bertz CT molecular complexity index is 1030. The van der Waals surface area contributed by atoms with Gasteiger partial charge in [-0.3, -0.25) is 9.10 Å². The maximum Gasteiger partial charge on any atom is 0.338 e. The second-order valence-corrected chi connectivity index (χ2v) is 8.92. The topological polar surface area (TPSA) is 92.8 Å². The number of esters is 1. The summed E-state index contributed by atoms with van der Waals surface area (Å²) in [4.78, 5) is 25.1. The molecule has 0 bridgehead atoms. The van der Waals surface area contributed by atoms with E-state index in [1.54, 1.807) is 51.1 Å². The van der Waals surface area contributed by atoms with Crippen molar-refractivity contribution in [2.75, 3.05) is 22.5 Å². The third kappa shape index (κ3) is 5.60. The highest BCUT2D eigenvalue weighted by Gasteiger charge is 2.31. The van der Waals surface area contributed by atoms with Gasteiger partial charge >= 0.3 is 5.97 Å². The summed E-state index contributed by atoms with van der Waals surface area (Å²) in [7, 11) is -3.72. The van der Waals surface area contributed by atoms with Crippen LogP contribution in [0.4, 0.5) is 11.4 Å². The molecule has 1 amide bonds. The number of carbonyl (C=O) groups excluding carboxylic acids is 2. The number of benzene rings is 2. The Morgan fingerprint density at radius 1 is 1.10 bits per heavy atom. The summed E-state index contributed by atoms with van der Waals surface area (Å²) in [5.41, 5.74) is 2.80. The highest BCUT2D eigenvalue weighted by molar-refractivity contribution is 7.92. The normalized spacial score (nSPS) is 12.2. The SMILES string of the molecule is CCOC(=O)c1ccc(C)c(NC(=O)[C@@H](CC)N(c2cccc(C)c2)S(C)(=O)=O)c1. The first-order chi connectivity index (χ1) is 14.1. The summed E-state index contributed by atoms with van der Waals surface area (Å²) in [5, 5.41) is 2.78.